The molecular formula is C15H24N2O2S. The Labute approximate surface area is 122 Å². The Morgan fingerprint density at radius 1 is 1.25 bits per heavy atom. The van der Waals surface area contributed by atoms with Crippen LogP contribution >= 0.6 is 0 Å². The highest BCUT2D eigenvalue weighted by Gasteiger charge is 2.39. The van der Waals surface area contributed by atoms with Crippen molar-refractivity contribution in [2.75, 3.05) is 12.3 Å². The summed E-state index contributed by atoms with van der Waals surface area (Å²) in [6.07, 6.45) is 1.91. The van der Waals surface area contributed by atoms with Crippen LogP contribution < -0.4 is 5.73 Å². The summed E-state index contributed by atoms with van der Waals surface area (Å²) in [5.74, 6) is 0.304. The maximum absolute atomic E-state index is 12.9. The van der Waals surface area contributed by atoms with Crippen molar-refractivity contribution in [1.29, 1.82) is 0 Å². The Kier molecular flexibility index (Phi) is 4.12. The standard InChI is InChI=1S/C15H24N2O2S/c1-10(2)9-17(13-5-6-13)20(18,19)15-8-12(4)11(3)7-14(15)16/h7-8,10,13H,5-6,9,16H2,1-4H3. The number of hydrogen-bond donors (Lipinski definition) is 1. The zero-order valence-corrected chi connectivity index (χ0v) is 13.5. The van der Waals surface area contributed by atoms with Crippen LogP contribution in [0.5, 0.6) is 0 Å². The molecule has 2 rings (SSSR count). The SMILES string of the molecule is Cc1cc(N)c(S(=O)(=O)N(CC(C)C)C2CC2)cc1C. The number of aryl methyl sites for hydroxylation is 2. The van der Waals surface area contributed by atoms with E-state index in [-0.39, 0.29) is 10.9 Å². The Morgan fingerprint density at radius 3 is 2.30 bits per heavy atom. The molecule has 0 heterocycles. The molecular weight excluding hydrogens is 272 g/mol. The van der Waals surface area contributed by atoms with Gasteiger partial charge in [-0.1, -0.05) is 13.8 Å². The summed E-state index contributed by atoms with van der Waals surface area (Å²) < 4.78 is 27.4. The van der Waals surface area contributed by atoms with Gasteiger partial charge in [-0.3, -0.25) is 0 Å². The third-order valence-electron chi connectivity index (χ3n) is 3.71. The summed E-state index contributed by atoms with van der Waals surface area (Å²) in [7, 11) is -3.49. The summed E-state index contributed by atoms with van der Waals surface area (Å²) in [6.45, 7) is 8.48. The number of anilines is 1. The van der Waals surface area contributed by atoms with Crippen molar-refractivity contribution in [2.45, 2.75) is 51.5 Å². The Bertz CT molecular complexity index is 605. The summed E-state index contributed by atoms with van der Waals surface area (Å²) in [4.78, 5) is 0.258. The molecule has 4 nitrogen and oxygen atoms in total. The van der Waals surface area contributed by atoms with Gasteiger partial charge in [-0.25, -0.2) is 8.42 Å². The van der Waals surface area contributed by atoms with E-state index in [9.17, 15) is 8.42 Å². The molecule has 112 valence electrons. The van der Waals surface area contributed by atoms with Gasteiger partial charge in [0.2, 0.25) is 10.0 Å². The van der Waals surface area contributed by atoms with Gasteiger partial charge in [0.25, 0.3) is 0 Å². The second-order valence-electron chi connectivity index (χ2n) is 6.17. The first kappa shape index (κ1) is 15.3. The van der Waals surface area contributed by atoms with Crippen LogP contribution in [-0.4, -0.2) is 25.3 Å². The lowest BCUT2D eigenvalue weighted by atomic mass is 10.1. The first-order valence-electron chi connectivity index (χ1n) is 7.12. The minimum absolute atomic E-state index is 0.156. The quantitative estimate of drug-likeness (QED) is 0.850. The lowest BCUT2D eigenvalue weighted by Crippen LogP contribution is -2.36. The molecule has 0 spiro atoms. The Morgan fingerprint density at radius 2 is 1.80 bits per heavy atom. The molecule has 2 N–H and O–H groups in total. The van der Waals surface area contributed by atoms with Crippen LogP contribution in [0.1, 0.15) is 37.8 Å². The van der Waals surface area contributed by atoms with Gasteiger partial charge in [-0.05, 0) is 55.9 Å². The normalized spacial score (nSPS) is 16.1. The molecule has 1 aliphatic carbocycles. The third-order valence-corrected chi connectivity index (χ3v) is 5.69. The molecule has 1 aromatic carbocycles. The van der Waals surface area contributed by atoms with Gasteiger partial charge in [0.15, 0.2) is 0 Å². The predicted molar refractivity (Wildman–Crippen MR) is 82.1 cm³/mol. The molecule has 0 amide bonds. The predicted octanol–water partition coefficient (Wildman–Crippen LogP) is 2.69. The van der Waals surface area contributed by atoms with E-state index in [0.29, 0.717) is 18.2 Å². The zero-order chi connectivity index (χ0) is 15.1. The van der Waals surface area contributed by atoms with Gasteiger partial charge in [0, 0.05) is 12.6 Å². The second-order valence-corrected chi connectivity index (χ2v) is 8.03. The summed E-state index contributed by atoms with van der Waals surface area (Å²) in [6, 6.07) is 3.61. The van der Waals surface area contributed by atoms with E-state index in [1.165, 1.54) is 0 Å². The van der Waals surface area contributed by atoms with Crippen LogP contribution in [0.3, 0.4) is 0 Å². The van der Waals surface area contributed by atoms with Crippen LogP contribution in [0.25, 0.3) is 0 Å². The highest BCUT2D eigenvalue weighted by Crippen LogP contribution is 2.35. The smallest absolute Gasteiger partial charge is 0.245 e. The van der Waals surface area contributed by atoms with E-state index < -0.39 is 10.0 Å². The molecule has 1 saturated carbocycles. The van der Waals surface area contributed by atoms with Crippen molar-refractivity contribution in [3.8, 4) is 0 Å². The van der Waals surface area contributed by atoms with Crippen molar-refractivity contribution >= 4 is 15.7 Å². The average molecular weight is 296 g/mol. The molecule has 0 radical (unpaired) electrons. The van der Waals surface area contributed by atoms with Crippen LogP contribution in [0.2, 0.25) is 0 Å². The number of sulfonamides is 1. The molecule has 1 aliphatic rings. The Balaban J connectivity index is 2.45. The summed E-state index contributed by atoms with van der Waals surface area (Å²) in [5.41, 5.74) is 8.28. The number of nitrogens with two attached hydrogens (primary N) is 1. The molecule has 20 heavy (non-hydrogen) atoms. The van der Waals surface area contributed by atoms with Gasteiger partial charge < -0.3 is 5.73 Å². The maximum atomic E-state index is 12.9. The topological polar surface area (TPSA) is 63.4 Å². The molecule has 0 saturated heterocycles. The number of rotatable bonds is 5. The van der Waals surface area contributed by atoms with Crippen LogP contribution in [-0.2, 0) is 10.0 Å². The molecule has 0 atom stereocenters. The van der Waals surface area contributed by atoms with E-state index in [2.05, 4.69) is 0 Å². The van der Waals surface area contributed by atoms with E-state index in [0.717, 1.165) is 24.0 Å². The van der Waals surface area contributed by atoms with E-state index in [4.69, 9.17) is 5.73 Å². The van der Waals surface area contributed by atoms with Gasteiger partial charge in [-0.2, -0.15) is 4.31 Å². The number of hydrogen-bond acceptors (Lipinski definition) is 3. The lowest BCUT2D eigenvalue weighted by molar-refractivity contribution is 0.360. The zero-order valence-electron chi connectivity index (χ0n) is 12.7. The average Bonchev–Trinajstić information content (AvgIpc) is 3.14. The lowest BCUT2D eigenvalue weighted by Gasteiger charge is -2.25. The van der Waals surface area contributed by atoms with Crippen molar-refractivity contribution in [3.63, 3.8) is 0 Å². The molecule has 0 aliphatic heterocycles. The molecule has 0 unspecified atom stereocenters. The molecule has 5 heteroatoms. The Hall–Kier alpha value is -1.07. The van der Waals surface area contributed by atoms with Crippen LogP contribution in [0.15, 0.2) is 17.0 Å². The minimum Gasteiger partial charge on any atom is -0.398 e. The summed E-state index contributed by atoms with van der Waals surface area (Å²) >= 11 is 0. The van der Waals surface area contributed by atoms with Gasteiger partial charge in [0.1, 0.15) is 4.90 Å². The van der Waals surface area contributed by atoms with Crippen molar-refractivity contribution < 1.29 is 8.42 Å². The largest absolute Gasteiger partial charge is 0.398 e. The van der Waals surface area contributed by atoms with Crippen molar-refractivity contribution in [2.24, 2.45) is 5.92 Å². The fourth-order valence-corrected chi connectivity index (χ4v) is 4.36. The first-order valence-corrected chi connectivity index (χ1v) is 8.56. The van der Waals surface area contributed by atoms with Crippen LogP contribution in [0.4, 0.5) is 5.69 Å². The van der Waals surface area contributed by atoms with Crippen molar-refractivity contribution in [1.82, 2.24) is 4.31 Å². The summed E-state index contributed by atoms with van der Waals surface area (Å²) in [5, 5.41) is 0. The highest BCUT2D eigenvalue weighted by molar-refractivity contribution is 7.89. The molecule has 0 bridgehead atoms. The van der Waals surface area contributed by atoms with Gasteiger partial charge in [0.05, 0.1) is 5.69 Å². The molecule has 0 aromatic heterocycles. The molecule has 1 aromatic rings. The maximum Gasteiger partial charge on any atom is 0.245 e. The number of benzene rings is 1. The van der Waals surface area contributed by atoms with Crippen LogP contribution in [0, 0.1) is 19.8 Å². The van der Waals surface area contributed by atoms with Crippen molar-refractivity contribution in [3.05, 3.63) is 23.3 Å². The second kappa shape index (κ2) is 5.37. The monoisotopic (exact) mass is 296 g/mol. The number of nitrogens with zero attached hydrogens (tertiary/aromatic N) is 1. The van der Waals surface area contributed by atoms with E-state index in [1.807, 2.05) is 27.7 Å². The number of nitrogen functional groups attached to an aromatic ring is 1. The molecule has 1 fully saturated rings. The van der Waals surface area contributed by atoms with Gasteiger partial charge >= 0.3 is 0 Å². The fraction of sp³-hybridized carbons (Fsp3) is 0.600. The third kappa shape index (κ3) is 2.99. The fourth-order valence-electron chi connectivity index (χ4n) is 2.33. The first-order chi connectivity index (χ1) is 9.23. The van der Waals surface area contributed by atoms with E-state index >= 15 is 0 Å². The minimum atomic E-state index is -3.49. The van der Waals surface area contributed by atoms with Gasteiger partial charge in [-0.15, -0.1) is 0 Å². The van der Waals surface area contributed by atoms with E-state index in [1.54, 1.807) is 16.4 Å². The highest BCUT2D eigenvalue weighted by atomic mass is 32.2.